The highest BCUT2D eigenvalue weighted by Crippen LogP contribution is 2.39. The molecule has 1 aromatic rings. The molecule has 2 nitrogen and oxygen atoms in total. The second-order valence-corrected chi connectivity index (χ2v) is 4.31. The highest BCUT2D eigenvalue weighted by Gasteiger charge is 2.28. The Morgan fingerprint density at radius 3 is 2.94 bits per heavy atom. The lowest BCUT2D eigenvalue weighted by Crippen LogP contribution is -2.19. The molecule has 1 atom stereocenters. The molecular weight excluding hydrogens is 198 g/mol. The Balaban J connectivity index is 2.35. The summed E-state index contributed by atoms with van der Waals surface area (Å²) >= 11 is 0. The predicted molar refractivity (Wildman–Crippen MR) is 67.7 cm³/mol. The summed E-state index contributed by atoms with van der Waals surface area (Å²) in [6.45, 7) is 5.47. The van der Waals surface area contributed by atoms with Crippen molar-refractivity contribution in [2.45, 2.75) is 26.2 Å². The van der Waals surface area contributed by atoms with Crippen LogP contribution in [-0.2, 0) is 0 Å². The van der Waals surface area contributed by atoms with Crippen LogP contribution >= 0.6 is 0 Å². The standard InChI is InChI=1S/C14H19NO/c1-3-11(2)15-10-12(8-9-16)13-6-4-5-7-14(13)15/h3-7,12,16H,8-10H2,1-2H3/b11-3-. The van der Waals surface area contributed by atoms with Crippen molar-refractivity contribution in [3.8, 4) is 0 Å². The molecule has 16 heavy (non-hydrogen) atoms. The van der Waals surface area contributed by atoms with Crippen LogP contribution in [0.5, 0.6) is 0 Å². The molecule has 2 rings (SSSR count). The van der Waals surface area contributed by atoms with Crippen LogP contribution in [0.3, 0.4) is 0 Å². The molecule has 1 unspecified atom stereocenters. The maximum absolute atomic E-state index is 9.10. The summed E-state index contributed by atoms with van der Waals surface area (Å²) in [6.07, 6.45) is 2.99. The Morgan fingerprint density at radius 2 is 2.25 bits per heavy atom. The van der Waals surface area contributed by atoms with Crippen molar-refractivity contribution in [2.24, 2.45) is 0 Å². The zero-order valence-corrected chi connectivity index (χ0v) is 9.98. The summed E-state index contributed by atoms with van der Waals surface area (Å²) in [4.78, 5) is 2.34. The quantitative estimate of drug-likeness (QED) is 0.841. The van der Waals surface area contributed by atoms with Crippen molar-refractivity contribution in [1.82, 2.24) is 0 Å². The van der Waals surface area contributed by atoms with Crippen LogP contribution in [0.1, 0.15) is 31.7 Å². The minimum absolute atomic E-state index is 0.266. The van der Waals surface area contributed by atoms with Gasteiger partial charge in [0.15, 0.2) is 0 Å². The summed E-state index contributed by atoms with van der Waals surface area (Å²) in [5, 5.41) is 9.10. The molecule has 0 aromatic heterocycles. The maximum atomic E-state index is 9.10. The predicted octanol–water partition coefficient (Wildman–Crippen LogP) is 2.90. The van der Waals surface area contributed by atoms with E-state index in [0.717, 1.165) is 13.0 Å². The Bertz CT molecular complexity index is 397. The summed E-state index contributed by atoms with van der Waals surface area (Å²) in [5.74, 6) is 0.469. The molecule has 0 radical (unpaired) electrons. The van der Waals surface area contributed by atoms with Gasteiger partial charge >= 0.3 is 0 Å². The molecule has 0 aliphatic carbocycles. The van der Waals surface area contributed by atoms with Crippen LogP contribution in [0.2, 0.25) is 0 Å². The monoisotopic (exact) mass is 217 g/mol. The van der Waals surface area contributed by atoms with E-state index in [1.54, 1.807) is 0 Å². The summed E-state index contributed by atoms with van der Waals surface area (Å²) in [6, 6.07) is 8.51. The molecular formula is C14H19NO. The van der Waals surface area contributed by atoms with Crippen LogP contribution in [0.4, 0.5) is 5.69 Å². The van der Waals surface area contributed by atoms with Gasteiger partial charge in [0.05, 0.1) is 0 Å². The third-order valence-electron chi connectivity index (χ3n) is 3.39. The van der Waals surface area contributed by atoms with Gasteiger partial charge in [-0.15, -0.1) is 0 Å². The lowest BCUT2D eigenvalue weighted by atomic mass is 9.99. The SMILES string of the molecule is C/C=C(/C)N1CC(CCO)c2ccccc21. The van der Waals surface area contributed by atoms with Gasteiger partial charge in [-0.2, -0.15) is 0 Å². The van der Waals surface area contributed by atoms with Gasteiger partial charge in [-0.25, -0.2) is 0 Å². The number of para-hydroxylation sites is 1. The average Bonchev–Trinajstić information content (AvgIpc) is 2.68. The number of allylic oxidation sites excluding steroid dienone is 2. The Kier molecular flexibility index (Phi) is 3.30. The number of nitrogens with zero attached hydrogens (tertiary/aromatic N) is 1. The fourth-order valence-corrected chi connectivity index (χ4v) is 2.39. The van der Waals surface area contributed by atoms with Gasteiger partial charge in [-0.3, -0.25) is 0 Å². The first-order valence-corrected chi connectivity index (χ1v) is 5.88. The second-order valence-electron chi connectivity index (χ2n) is 4.31. The molecule has 0 saturated heterocycles. The first-order valence-electron chi connectivity index (χ1n) is 5.88. The van der Waals surface area contributed by atoms with Gasteiger partial charge < -0.3 is 10.0 Å². The van der Waals surface area contributed by atoms with Gasteiger partial charge in [-0.05, 0) is 31.9 Å². The van der Waals surface area contributed by atoms with Gasteiger partial charge in [0.2, 0.25) is 0 Å². The van der Waals surface area contributed by atoms with E-state index in [2.05, 4.69) is 49.1 Å². The molecule has 1 aliphatic heterocycles. The third kappa shape index (κ3) is 1.85. The highest BCUT2D eigenvalue weighted by molar-refractivity contribution is 5.63. The number of hydrogen-bond acceptors (Lipinski definition) is 2. The lowest BCUT2D eigenvalue weighted by Gasteiger charge is -2.20. The van der Waals surface area contributed by atoms with Crippen molar-refractivity contribution in [1.29, 1.82) is 0 Å². The zero-order chi connectivity index (χ0) is 11.5. The van der Waals surface area contributed by atoms with E-state index in [0.29, 0.717) is 5.92 Å². The van der Waals surface area contributed by atoms with Crippen LogP contribution in [0, 0.1) is 0 Å². The van der Waals surface area contributed by atoms with Crippen molar-refractivity contribution in [2.75, 3.05) is 18.1 Å². The fourth-order valence-electron chi connectivity index (χ4n) is 2.39. The molecule has 1 aliphatic rings. The Hall–Kier alpha value is -1.28. The molecule has 86 valence electrons. The number of rotatable bonds is 3. The first-order chi connectivity index (χ1) is 7.77. The lowest BCUT2D eigenvalue weighted by molar-refractivity contribution is 0.278. The molecule has 0 saturated carbocycles. The molecule has 1 aromatic carbocycles. The van der Waals surface area contributed by atoms with E-state index in [1.165, 1.54) is 16.9 Å². The second kappa shape index (κ2) is 4.71. The Labute approximate surface area is 97.2 Å². The van der Waals surface area contributed by atoms with Gasteiger partial charge in [-0.1, -0.05) is 24.3 Å². The largest absolute Gasteiger partial charge is 0.396 e. The van der Waals surface area contributed by atoms with E-state index in [1.807, 2.05) is 0 Å². The summed E-state index contributed by atoms with van der Waals surface area (Å²) < 4.78 is 0. The van der Waals surface area contributed by atoms with E-state index in [4.69, 9.17) is 5.11 Å². The van der Waals surface area contributed by atoms with Crippen LogP contribution in [0.25, 0.3) is 0 Å². The molecule has 0 spiro atoms. The average molecular weight is 217 g/mol. The van der Waals surface area contributed by atoms with Crippen LogP contribution in [-0.4, -0.2) is 18.3 Å². The summed E-state index contributed by atoms with van der Waals surface area (Å²) in [5.41, 5.74) is 3.96. The number of aliphatic hydroxyl groups excluding tert-OH is 1. The van der Waals surface area contributed by atoms with E-state index in [-0.39, 0.29) is 6.61 Å². The molecule has 1 N–H and O–H groups in total. The third-order valence-corrected chi connectivity index (χ3v) is 3.39. The molecule has 1 heterocycles. The fraction of sp³-hybridized carbons (Fsp3) is 0.429. The number of aliphatic hydroxyl groups is 1. The van der Waals surface area contributed by atoms with Crippen LogP contribution < -0.4 is 4.90 Å². The number of anilines is 1. The van der Waals surface area contributed by atoms with Crippen LogP contribution in [0.15, 0.2) is 36.0 Å². The summed E-state index contributed by atoms with van der Waals surface area (Å²) in [7, 11) is 0. The van der Waals surface area contributed by atoms with Crippen molar-refractivity contribution in [3.63, 3.8) is 0 Å². The zero-order valence-electron chi connectivity index (χ0n) is 9.98. The minimum Gasteiger partial charge on any atom is -0.396 e. The molecule has 0 fully saturated rings. The van der Waals surface area contributed by atoms with E-state index in [9.17, 15) is 0 Å². The number of hydrogen-bond donors (Lipinski definition) is 1. The first kappa shape index (κ1) is 11.2. The van der Waals surface area contributed by atoms with E-state index >= 15 is 0 Å². The van der Waals surface area contributed by atoms with Crippen molar-refractivity contribution >= 4 is 5.69 Å². The smallest absolute Gasteiger partial charge is 0.0444 e. The Morgan fingerprint density at radius 1 is 1.50 bits per heavy atom. The van der Waals surface area contributed by atoms with Gasteiger partial charge in [0.1, 0.15) is 0 Å². The van der Waals surface area contributed by atoms with Gasteiger partial charge in [0.25, 0.3) is 0 Å². The molecule has 0 bridgehead atoms. The van der Waals surface area contributed by atoms with Crippen molar-refractivity contribution in [3.05, 3.63) is 41.6 Å². The number of fused-ring (bicyclic) bond motifs is 1. The molecule has 0 amide bonds. The van der Waals surface area contributed by atoms with Crippen molar-refractivity contribution < 1.29 is 5.11 Å². The normalized spacial score (nSPS) is 20.1. The highest BCUT2D eigenvalue weighted by atomic mass is 16.3. The molecule has 2 heteroatoms. The van der Waals surface area contributed by atoms with Gasteiger partial charge in [0, 0.05) is 30.5 Å². The number of benzene rings is 1. The topological polar surface area (TPSA) is 23.5 Å². The van der Waals surface area contributed by atoms with E-state index < -0.39 is 0 Å². The maximum Gasteiger partial charge on any atom is 0.0444 e. The minimum atomic E-state index is 0.266.